The Balaban J connectivity index is 1.88. The van der Waals surface area contributed by atoms with Crippen LogP contribution >= 0.6 is 0 Å². The van der Waals surface area contributed by atoms with Crippen LogP contribution in [0.3, 0.4) is 0 Å². The Kier molecular flexibility index (Phi) is 4.68. The number of aryl methyl sites for hydroxylation is 2. The van der Waals surface area contributed by atoms with E-state index < -0.39 is 0 Å². The number of imidazole rings is 1. The van der Waals surface area contributed by atoms with E-state index in [0.29, 0.717) is 11.5 Å². The molecule has 0 radical (unpaired) electrons. The summed E-state index contributed by atoms with van der Waals surface area (Å²) in [4.78, 5) is 13.1. The SMILES string of the molecule is COc1ccc(-n2/c(=N\C#N)n(C)c3cnc4ccc(-c5ccc(C)cc5)cc4c32)cn1. The lowest BCUT2D eigenvalue weighted by atomic mass is 10.0. The summed E-state index contributed by atoms with van der Waals surface area (Å²) in [6.07, 6.45) is 5.45. The summed E-state index contributed by atoms with van der Waals surface area (Å²) in [6.45, 7) is 2.08. The zero-order valence-electron chi connectivity index (χ0n) is 17.9. The summed E-state index contributed by atoms with van der Waals surface area (Å²) in [5.41, 5.74) is 7.34. The second-order valence-corrected chi connectivity index (χ2v) is 7.55. The Morgan fingerprint density at radius 3 is 2.44 bits per heavy atom. The maximum Gasteiger partial charge on any atom is 0.226 e. The predicted octanol–water partition coefficient (Wildman–Crippen LogP) is 4.28. The Bertz CT molecular complexity index is 1570. The fourth-order valence-corrected chi connectivity index (χ4v) is 3.97. The van der Waals surface area contributed by atoms with Gasteiger partial charge in [0.1, 0.15) is 0 Å². The van der Waals surface area contributed by atoms with Gasteiger partial charge in [-0.3, -0.25) is 9.55 Å². The molecule has 7 heteroatoms. The topological polar surface area (TPSA) is 81.0 Å². The number of nitrogens with zero attached hydrogens (tertiary/aromatic N) is 6. The first-order chi connectivity index (χ1) is 15.6. The second kappa shape index (κ2) is 7.67. The highest BCUT2D eigenvalue weighted by Gasteiger charge is 2.16. The lowest BCUT2D eigenvalue weighted by Crippen LogP contribution is -2.22. The zero-order chi connectivity index (χ0) is 22.2. The predicted molar refractivity (Wildman–Crippen MR) is 123 cm³/mol. The second-order valence-electron chi connectivity index (χ2n) is 7.55. The molecule has 0 aliphatic heterocycles. The van der Waals surface area contributed by atoms with Crippen LogP contribution in [0.4, 0.5) is 0 Å². The van der Waals surface area contributed by atoms with Crippen molar-refractivity contribution in [3.63, 3.8) is 0 Å². The van der Waals surface area contributed by atoms with Crippen molar-refractivity contribution in [2.75, 3.05) is 7.11 Å². The maximum atomic E-state index is 9.36. The van der Waals surface area contributed by atoms with E-state index in [1.165, 1.54) is 5.56 Å². The Morgan fingerprint density at radius 1 is 0.969 bits per heavy atom. The van der Waals surface area contributed by atoms with Gasteiger partial charge in [-0.15, -0.1) is 4.99 Å². The third-order valence-corrected chi connectivity index (χ3v) is 5.63. The van der Waals surface area contributed by atoms with Gasteiger partial charge in [-0.2, -0.15) is 5.26 Å². The van der Waals surface area contributed by atoms with Crippen LogP contribution in [0.1, 0.15) is 5.56 Å². The Hall–Kier alpha value is -4.44. The average molecular weight is 420 g/mol. The monoisotopic (exact) mass is 420 g/mol. The first-order valence-corrected chi connectivity index (χ1v) is 10.1. The van der Waals surface area contributed by atoms with E-state index in [1.807, 2.05) is 40.7 Å². The normalized spacial score (nSPS) is 11.8. The lowest BCUT2D eigenvalue weighted by molar-refractivity contribution is 0.398. The molecule has 0 amide bonds. The Morgan fingerprint density at radius 2 is 1.75 bits per heavy atom. The first kappa shape index (κ1) is 19.5. The molecule has 0 fully saturated rings. The summed E-state index contributed by atoms with van der Waals surface area (Å²) < 4.78 is 9.01. The number of hydrogen-bond donors (Lipinski definition) is 0. The number of rotatable bonds is 3. The molecule has 0 spiro atoms. The van der Waals surface area contributed by atoms with Crippen LogP contribution in [0.2, 0.25) is 0 Å². The molecule has 32 heavy (non-hydrogen) atoms. The molecule has 0 bridgehead atoms. The fraction of sp³-hybridized carbons (Fsp3) is 0.120. The molecule has 0 saturated heterocycles. The molecule has 7 nitrogen and oxygen atoms in total. The van der Waals surface area contributed by atoms with Crippen molar-refractivity contribution in [1.29, 1.82) is 5.26 Å². The van der Waals surface area contributed by atoms with E-state index in [0.717, 1.165) is 38.8 Å². The largest absolute Gasteiger partial charge is 0.481 e. The lowest BCUT2D eigenvalue weighted by Gasteiger charge is -2.09. The summed E-state index contributed by atoms with van der Waals surface area (Å²) in [6, 6.07) is 18.4. The molecule has 0 unspecified atom stereocenters. The molecule has 2 aromatic carbocycles. The van der Waals surface area contributed by atoms with E-state index in [-0.39, 0.29) is 0 Å². The van der Waals surface area contributed by atoms with Crippen molar-refractivity contribution in [2.45, 2.75) is 6.92 Å². The van der Waals surface area contributed by atoms with Crippen molar-refractivity contribution in [3.05, 3.63) is 78.2 Å². The number of nitriles is 1. The van der Waals surface area contributed by atoms with Crippen LogP contribution in [-0.2, 0) is 7.05 Å². The highest BCUT2D eigenvalue weighted by Crippen LogP contribution is 2.30. The molecule has 0 N–H and O–H groups in total. The van der Waals surface area contributed by atoms with Gasteiger partial charge in [0.2, 0.25) is 17.7 Å². The minimum Gasteiger partial charge on any atom is -0.481 e. The van der Waals surface area contributed by atoms with Crippen molar-refractivity contribution in [2.24, 2.45) is 12.0 Å². The van der Waals surface area contributed by atoms with Gasteiger partial charge in [-0.25, -0.2) is 4.98 Å². The number of aromatic nitrogens is 4. The fourth-order valence-electron chi connectivity index (χ4n) is 3.97. The maximum absolute atomic E-state index is 9.36. The Labute approximate surface area is 184 Å². The number of pyridine rings is 2. The first-order valence-electron chi connectivity index (χ1n) is 10.1. The third-order valence-electron chi connectivity index (χ3n) is 5.63. The zero-order valence-corrected chi connectivity index (χ0v) is 17.9. The van der Waals surface area contributed by atoms with Gasteiger partial charge in [-0.1, -0.05) is 35.9 Å². The van der Waals surface area contributed by atoms with E-state index in [1.54, 1.807) is 19.4 Å². The molecular weight excluding hydrogens is 400 g/mol. The van der Waals surface area contributed by atoms with E-state index >= 15 is 0 Å². The van der Waals surface area contributed by atoms with Crippen molar-refractivity contribution < 1.29 is 4.74 Å². The van der Waals surface area contributed by atoms with Gasteiger partial charge in [0.05, 0.1) is 41.7 Å². The summed E-state index contributed by atoms with van der Waals surface area (Å²) in [5, 5.41) is 10.3. The summed E-state index contributed by atoms with van der Waals surface area (Å²) >= 11 is 0. The van der Waals surface area contributed by atoms with Gasteiger partial charge in [0.25, 0.3) is 0 Å². The molecule has 3 heterocycles. The number of ether oxygens (including phenoxy) is 1. The summed E-state index contributed by atoms with van der Waals surface area (Å²) in [7, 11) is 3.46. The molecule has 156 valence electrons. The van der Waals surface area contributed by atoms with Gasteiger partial charge >= 0.3 is 0 Å². The van der Waals surface area contributed by atoms with Crippen molar-refractivity contribution >= 4 is 21.9 Å². The number of fused-ring (bicyclic) bond motifs is 3. The highest BCUT2D eigenvalue weighted by atomic mass is 16.5. The standard InChI is InChI=1S/C25H20N6O/c1-16-4-6-17(7-5-16)18-8-10-21-20(12-18)24-22(14-27-21)30(2)25(29-15-26)31(24)19-9-11-23(32-3)28-13-19/h4-14H,1-3H3/b29-25-. The molecule has 0 aliphatic rings. The minimum absolute atomic E-state index is 0.490. The third kappa shape index (κ3) is 3.10. The molecule has 5 aromatic rings. The van der Waals surface area contributed by atoms with Crippen molar-refractivity contribution in [3.8, 4) is 28.9 Å². The van der Waals surface area contributed by atoms with E-state index in [9.17, 15) is 5.26 Å². The van der Waals surface area contributed by atoms with E-state index in [2.05, 4.69) is 58.3 Å². The van der Waals surface area contributed by atoms with Crippen LogP contribution in [0, 0.1) is 18.4 Å². The molecule has 0 atom stereocenters. The number of methoxy groups -OCH3 is 1. The van der Waals surface area contributed by atoms with Crippen LogP contribution < -0.4 is 10.4 Å². The van der Waals surface area contributed by atoms with Crippen LogP contribution in [-0.4, -0.2) is 26.2 Å². The smallest absolute Gasteiger partial charge is 0.226 e. The van der Waals surface area contributed by atoms with Crippen LogP contribution in [0.15, 0.2) is 72.0 Å². The molecular formula is C25H20N6O. The van der Waals surface area contributed by atoms with Gasteiger partial charge in [0.15, 0.2) is 0 Å². The van der Waals surface area contributed by atoms with Gasteiger partial charge < -0.3 is 9.30 Å². The average Bonchev–Trinajstić information content (AvgIpc) is 3.11. The number of hydrogen-bond acceptors (Lipinski definition) is 5. The minimum atomic E-state index is 0.490. The molecule has 3 aromatic heterocycles. The highest BCUT2D eigenvalue weighted by molar-refractivity contribution is 6.04. The van der Waals surface area contributed by atoms with Crippen LogP contribution in [0.5, 0.6) is 5.88 Å². The van der Waals surface area contributed by atoms with Crippen molar-refractivity contribution in [1.82, 2.24) is 19.1 Å². The van der Waals surface area contributed by atoms with Crippen LogP contribution in [0.25, 0.3) is 38.8 Å². The van der Waals surface area contributed by atoms with Gasteiger partial charge in [0, 0.05) is 18.5 Å². The summed E-state index contributed by atoms with van der Waals surface area (Å²) in [5.74, 6) is 0.515. The number of benzene rings is 2. The molecule has 0 saturated carbocycles. The molecule has 0 aliphatic carbocycles. The quantitative estimate of drug-likeness (QED) is 0.408. The molecule has 5 rings (SSSR count). The van der Waals surface area contributed by atoms with E-state index in [4.69, 9.17) is 4.74 Å². The van der Waals surface area contributed by atoms with Gasteiger partial charge in [-0.05, 0) is 36.2 Å².